The zero-order valence-electron chi connectivity index (χ0n) is 12.4. The molecule has 0 radical (unpaired) electrons. The van der Waals surface area contributed by atoms with E-state index in [1.54, 1.807) is 0 Å². The van der Waals surface area contributed by atoms with Crippen LogP contribution in [-0.2, 0) is 13.0 Å². The first-order chi connectivity index (χ1) is 8.67. The quantitative estimate of drug-likeness (QED) is 0.729. The van der Waals surface area contributed by atoms with Gasteiger partial charge in [-0.2, -0.15) is 0 Å². The Labute approximate surface area is 112 Å². The third-order valence-corrected chi connectivity index (χ3v) is 3.17. The number of hydrogen-bond acceptors (Lipinski definition) is 2. The molecule has 0 saturated carbocycles. The number of imidazole rings is 1. The molecule has 0 saturated heterocycles. The van der Waals surface area contributed by atoms with Gasteiger partial charge < -0.3 is 9.88 Å². The largest absolute Gasteiger partial charge is 0.335 e. The lowest BCUT2D eigenvalue weighted by atomic mass is 10.1. The van der Waals surface area contributed by atoms with Crippen molar-refractivity contribution >= 4 is 0 Å². The fourth-order valence-corrected chi connectivity index (χ4v) is 2.36. The van der Waals surface area contributed by atoms with Gasteiger partial charge in [0.05, 0.1) is 0 Å². The number of rotatable bonds is 9. The van der Waals surface area contributed by atoms with E-state index in [9.17, 15) is 0 Å². The first-order valence-corrected chi connectivity index (χ1v) is 7.43. The van der Waals surface area contributed by atoms with Crippen molar-refractivity contribution in [3.8, 4) is 0 Å². The van der Waals surface area contributed by atoms with Crippen LogP contribution < -0.4 is 5.32 Å². The van der Waals surface area contributed by atoms with Gasteiger partial charge in [0, 0.05) is 37.4 Å². The van der Waals surface area contributed by atoms with E-state index in [1.807, 2.05) is 6.20 Å². The number of nitrogens with zero attached hydrogens (tertiary/aromatic N) is 2. The molecule has 3 nitrogen and oxygen atoms in total. The lowest BCUT2D eigenvalue weighted by Gasteiger charge is -2.21. The molecule has 0 amide bonds. The van der Waals surface area contributed by atoms with E-state index >= 15 is 0 Å². The molecule has 1 atom stereocenters. The Morgan fingerprint density at radius 3 is 2.67 bits per heavy atom. The molecule has 3 heteroatoms. The summed E-state index contributed by atoms with van der Waals surface area (Å²) in [6.45, 7) is 9.99. The smallest absolute Gasteiger partial charge is 0.110 e. The van der Waals surface area contributed by atoms with Crippen LogP contribution in [0.3, 0.4) is 0 Å². The van der Waals surface area contributed by atoms with E-state index in [1.165, 1.54) is 31.5 Å². The van der Waals surface area contributed by atoms with E-state index in [0.29, 0.717) is 12.1 Å². The van der Waals surface area contributed by atoms with Gasteiger partial charge in [-0.15, -0.1) is 0 Å². The molecule has 0 aliphatic carbocycles. The normalized spacial score (nSPS) is 13.2. The fourth-order valence-electron chi connectivity index (χ4n) is 2.36. The summed E-state index contributed by atoms with van der Waals surface area (Å²) < 4.78 is 2.29. The third-order valence-electron chi connectivity index (χ3n) is 3.17. The number of aromatic nitrogens is 2. The Morgan fingerprint density at radius 2 is 2.06 bits per heavy atom. The summed E-state index contributed by atoms with van der Waals surface area (Å²) >= 11 is 0. The molecule has 0 aromatic carbocycles. The van der Waals surface area contributed by atoms with Crippen molar-refractivity contribution in [3.05, 3.63) is 18.2 Å². The van der Waals surface area contributed by atoms with Crippen molar-refractivity contribution in [1.82, 2.24) is 14.9 Å². The minimum atomic E-state index is 0.543. The summed E-state index contributed by atoms with van der Waals surface area (Å²) in [6, 6.07) is 1.10. The maximum atomic E-state index is 4.51. The SMILES string of the molecule is CCCCC(Cc1nccn1CCC)NC(C)C. The second kappa shape index (κ2) is 8.30. The summed E-state index contributed by atoms with van der Waals surface area (Å²) in [4.78, 5) is 4.51. The minimum Gasteiger partial charge on any atom is -0.335 e. The van der Waals surface area contributed by atoms with E-state index < -0.39 is 0 Å². The van der Waals surface area contributed by atoms with Gasteiger partial charge in [0.2, 0.25) is 0 Å². The molecule has 1 unspecified atom stereocenters. The lowest BCUT2D eigenvalue weighted by Crippen LogP contribution is -2.37. The summed E-state index contributed by atoms with van der Waals surface area (Å²) in [7, 11) is 0. The maximum absolute atomic E-state index is 4.51. The molecule has 18 heavy (non-hydrogen) atoms. The molecule has 0 aliphatic rings. The zero-order chi connectivity index (χ0) is 13.4. The number of nitrogens with one attached hydrogen (secondary N) is 1. The Bertz CT molecular complexity index is 317. The van der Waals surface area contributed by atoms with Gasteiger partial charge in [-0.3, -0.25) is 0 Å². The van der Waals surface area contributed by atoms with E-state index in [4.69, 9.17) is 0 Å². The highest BCUT2D eigenvalue weighted by Gasteiger charge is 2.13. The molecule has 1 N–H and O–H groups in total. The standard InChI is InChI=1S/C15H29N3/c1-5-7-8-14(17-13(3)4)12-15-16-9-11-18(15)10-6-2/h9,11,13-14,17H,5-8,10,12H2,1-4H3. The molecule has 104 valence electrons. The van der Waals surface area contributed by atoms with Gasteiger partial charge in [-0.25, -0.2) is 4.98 Å². The summed E-state index contributed by atoms with van der Waals surface area (Å²) in [5.74, 6) is 1.23. The van der Waals surface area contributed by atoms with Crippen LogP contribution in [0.5, 0.6) is 0 Å². The molecule has 1 aromatic heterocycles. The lowest BCUT2D eigenvalue weighted by molar-refractivity contribution is 0.413. The Balaban J connectivity index is 2.59. The average Bonchev–Trinajstić information content (AvgIpc) is 2.73. The minimum absolute atomic E-state index is 0.543. The summed E-state index contributed by atoms with van der Waals surface area (Å²) in [5, 5.41) is 3.67. The van der Waals surface area contributed by atoms with Crippen LogP contribution >= 0.6 is 0 Å². The van der Waals surface area contributed by atoms with Gasteiger partial charge in [0.25, 0.3) is 0 Å². The van der Waals surface area contributed by atoms with Crippen molar-refractivity contribution in [2.45, 2.75) is 78.4 Å². The van der Waals surface area contributed by atoms with Crippen molar-refractivity contribution < 1.29 is 0 Å². The van der Waals surface area contributed by atoms with E-state index in [0.717, 1.165) is 13.0 Å². The molecule has 0 bridgehead atoms. The maximum Gasteiger partial charge on any atom is 0.110 e. The summed E-state index contributed by atoms with van der Waals surface area (Å²) in [6.07, 6.45) is 10.0. The highest BCUT2D eigenvalue weighted by Crippen LogP contribution is 2.09. The topological polar surface area (TPSA) is 29.9 Å². The fraction of sp³-hybridized carbons (Fsp3) is 0.800. The molecule has 1 heterocycles. The van der Waals surface area contributed by atoms with Gasteiger partial charge >= 0.3 is 0 Å². The van der Waals surface area contributed by atoms with Crippen molar-refractivity contribution in [3.63, 3.8) is 0 Å². The molecule has 0 spiro atoms. The highest BCUT2D eigenvalue weighted by atomic mass is 15.1. The molecular weight excluding hydrogens is 222 g/mol. The van der Waals surface area contributed by atoms with Gasteiger partial charge in [0.15, 0.2) is 0 Å². The van der Waals surface area contributed by atoms with Crippen LogP contribution in [0.15, 0.2) is 12.4 Å². The third kappa shape index (κ3) is 5.21. The van der Waals surface area contributed by atoms with E-state index in [2.05, 4.69) is 48.8 Å². The average molecular weight is 251 g/mol. The van der Waals surface area contributed by atoms with Crippen molar-refractivity contribution in [2.75, 3.05) is 0 Å². The van der Waals surface area contributed by atoms with Crippen molar-refractivity contribution in [1.29, 1.82) is 0 Å². The number of unbranched alkanes of at least 4 members (excludes halogenated alkanes) is 1. The van der Waals surface area contributed by atoms with Crippen LogP contribution in [0.25, 0.3) is 0 Å². The molecule has 0 aliphatic heterocycles. The second-order valence-corrected chi connectivity index (χ2v) is 5.40. The predicted octanol–water partition coefficient (Wildman–Crippen LogP) is 3.39. The highest BCUT2D eigenvalue weighted by molar-refractivity contribution is 4.96. The first-order valence-electron chi connectivity index (χ1n) is 7.43. The number of aryl methyl sites for hydroxylation is 1. The van der Waals surface area contributed by atoms with Crippen molar-refractivity contribution in [2.24, 2.45) is 0 Å². The van der Waals surface area contributed by atoms with Crippen LogP contribution in [0, 0.1) is 0 Å². The van der Waals surface area contributed by atoms with Crippen LogP contribution in [0.1, 0.15) is 59.2 Å². The predicted molar refractivity (Wildman–Crippen MR) is 77.8 cm³/mol. The number of hydrogen-bond donors (Lipinski definition) is 1. The van der Waals surface area contributed by atoms with Crippen LogP contribution in [0.4, 0.5) is 0 Å². The van der Waals surface area contributed by atoms with Crippen LogP contribution in [0.2, 0.25) is 0 Å². The summed E-state index contributed by atoms with van der Waals surface area (Å²) in [5.41, 5.74) is 0. The zero-order valence-corrected chi connectivity index (χ0v) is 12.4. The van der Waals surface area contributed by atoms with E-state index in [-0.39, 0.29) is 0 Å². The Kier molecular flexibility index (Phi) is 7.02. The van der Waals surface area contributed by atoms with Gasteiger partial charge in [-0.05, 0) is 12.8 Å². The molecule has 0 fully saturated rings. The monoisotopic (exact) mass is 251 g/mol. The van der Waals surface area contributed by atoms with Crippen LogP contribution in [-0.4, -0.2) is 21.6 Å². The van der Waals surface area contributed by atoms with Gasteiger partial charge in [-0.1, -0.05) is 40.5 Å². The van der Waals surface area contributed by atoms with Gasteiger partial charge in [0.1, 0.15) is 5.82 Å². The first kappa shape index (κ1) is 15.2. The molecule has 1 aromatic rings. The Morgan fingerprint density at radius 1 is 1.28 bits per heavy atom. The molecule has 1 rings (SSSR count). The second-order valence-electron chi connectivity index (χ2n) is 5.40. The molecular formula is C15H29N3. The Hall–Kier alpha value is -0.830.